The average Bonchev–Trinajstić information content (AvgIpc) is 2.70. The topological polar surface area (TPSA) is 98.1 Å². The summed E-state index contributed by atoms with van der Waals surface area (Å²) in [7, 11) is 0. The highest BCUT2D eigenvalue weighted by Gasteiger charge is 2.24. The van der Waals surface area contributed by atoms with E-state index in [0.29, 0.717) is 6.54 Å². The minimum atomic E-state index is -0.696. The molecular weight excluding hydrogens is 250 g/mol. The van der Waals surface area contributed by atoms with Crippen molar-refractivity contribution in [3.8, 4) is 0 Å². The number of amides is 2. The molecule has 0 aliphatic rings. The first kappa shape index (κ1) is 14.7. The van der Waals surface area contributed by atoms with E-state index in [2.05, 4.69) is 10.3 Å². The number of rotatable bonds is 5. The van der Waals surface area contributed by atoms with Gasteiger partial charge in [0.25, 0.3) is 5.91 Å². The second-order valence-electron chi connectivity index (χ2n) is 4.04. The zero-order valence-electron chi connectivity index (χ0n) is 11.0. The van der Waals surface area contributed by atoms with E-state index in [9.17, 15) is 19.2 Å². The van der Waals surface area contributed by atoms with Crippen molar-refractivity contribution >= 4 is 23.4 Å². The Hall–Kier alpha value is -2.31. The van der Waals surface area contributed by atoms with Crippen molar-refractivity contribution in [3.05, 3.63) is 17.7 Å². The number of imide groups is 1. The molecule has 0 aromatic carbocycles. The number of nitrogens with zero attached hydrogens (tertiary/aromatic N) is 2. The molecule has 0 unspecified atom stereocenters. The summed E-state index contributed by atoms with van der Waals surface area (Å²) in [6.45, 7) is 4.66. The lowest BCUT2D eigenvalue weighted by Crippen LogP contribution is -2.31. The summed E-state index contributed by atoms with van der Waals surface area (Å²) in [5.74, 6) is -2.07. The van der Waals surface area contributed by atoms with Crippen LogP contribution in [-0.4, -0.2) is 32.9 Å². The lowest BCUT2D eigenvalue weighted by molar-refractivity contribution is -0.118. The quantitative estimate of drug-likeness (QED) is 0.611. The van der Waals surface area contributed by atoms with Gasteiger partial charge < -0.3 is 4.57 Å². The molecule has 0 spiro atoms. The summed E-state index contributed by atoms with van der Waals surface area (Å²) in [5, 5.41) is 2.09. The van der Waals surface area contributed by atoms with Gasteiger partial charge in [-0.1, -0.05) is 0 Å². The third kappa shape index (κ3) is 3.57. The third-order valence-corrected chi connectivity index (χ3v) is 2.36. The molecule has 0 aliphatic heterocycles. The van der Waals surface area contributed by atoms with Gasteiger partial charge >= 0.3 is 0 Å². The molecule has 7 nitrogen and oxygen atoms in total. The maximum atomic E-state index is 11.9. The fourth-order valence-corrected chi connectivity index (χ4v) is 1.59. The summed E-state index contributed by atoms with van der Waals surface area (Å²) in [6, 6.07) is 0. The predicted octanol–water partition coefficient (Wildman–Crippen LogP) is 0.341. The van der Waals surface area contributed by atoms with Crippen LogP contribution in [0.5, 0.6) is 0 Å². The van der Waals surface area contributed by atoms with Crippen molar-refractivity contribution < 1.29 is 19.2 Å². The molecule has 2 amide bonds. The van der Waals surface area contributed by atoms with Gasteiger partial charge in [-0.2, -0.15) is 0 Å². The number of hydrogen-bond donors (Lipinski definition) is 1. The molecule has 0 radical (unpaired) electrons. The van der Waals surface area contributed by atoms with Crippen LogP contribution in [0, 0.1) is 0 Å². The van der Waals surface area contributed by atoms with Gasteiger partial charge in [0, 0.05) is 13.5 Å². The van der Waals surface area contributed by atoms with Gasteiger partial charge in [0.1, 0.15) is 17.2 Å². The Morgan fingerprint density at radius 2 is 1.89 bits per heavy atom. The van der Waals surface area contributed by atoms with Gasteiger partial charge in [0.15, 0.2) is 5.78 Å². The summed E-state index contributed by atoms with van der Waals surface area (Å²) in [4.78, 5) is 49.4. The van der Waals surface area contributed by atoms with E-state index in [-0.39, 0.29) is 23.6 Å². The van der Waals surface area contributed by atoms with Gasteiger partial charge in [-0.05, 0) is 13.8 Å². The van der Waals surface area contributed by atoms with Crippen LogP contribution in [-0.2, 0) is 16.1 Å². The van der Waals surface area contributed by atoms with Gasteiger partial charge in [0.05, 0.1) is 12.7 Å². The van der Waals surface area contributed by atoms with Gasteiger partial charge in [0.2, 0.25) is 5.91 Å². The number of imidazole rings is 1. The zero-order valence-corrected chi connectivity index (χ0v) is 11.0. The average molecular weight is 265 g/mol. The monoisotopic (exact) mass is 265 g/mol. The number of carbonyl (C=O) groups is 4. The Labute approximate surface area is 110 Å². The minimum absolute atomic E-state index is 0.00366. The molecule has 0 fully saturated rings. The molecule has 1 rings (SSSR count). The first-order valence-corrected chi connectivity index (χ1v) is 5.76. The molecule has 1 N–H and O–H groups in total. The van der Waals surface area contributed by atoms with Crippen molar-refractivity contribution in [2.45, 2.75) is 33.7 Å². The lowest BCUT2D eigenvalue weighted by Gasteiger charge is -2.06. The first-order valence-electron chi connectivity index (χ1n) is 5.76. The van der Waals surface area contributed by atoms with E-state index in [1.807, 2.05) is 0 Å². The summed E-state index contributed by atoms with van der Waals surface area (Å²) in [6.07, 6.45) is 1.02. The molecule has 1 heterocycles. The molecule has 0 atom stereocenters. The molecule has 0 saturated heterocycles. The molecule has 0 aliphatic carbocycles. The molecular formula is C12H15N3O4. The number of ketones is 2. The van der Waals surface area contributed by atoms with Crippen LogP contribution >= 0.6 is 0 Å². The number of Topliss-reactive ketones (excluding diaryl/α,β-unsaturated/α-hetero) is 2. The molecule has 0 saturated carbocycles. The van der Waals surface area contributed by atoms with Crippen LogP contribution in [0.4, 0.5) is 0 Å². The van der Waals surface area contributed by atoms with Crippen molar-refractivity contribution in [2.24, 2.45) is 0 Å². The van der Waals surface area contributed by atoms with Crippen LogP contribution in [0.15, 0.2) is 6.33 Å². The Morgan fingerprint density at radius 1 is 1.26 bits per heavy atom. The largest absolute Gasteiger partial charge is 0.326 e. The standard InChI is InChI=1S/C12H15N3O4/c1-4-15-6-13-10(9(18)5-7(2)16)11(15)12(19)14-8(3)17/h6H,4-5H2,1-3H3,(H,14,17,19). The Kier molecular flexibility index (Phi) is 4.68. The Morgan fingerprint density at radius 3 is 2.37 bits per heavy atom. The van der Waals surface area contributed by atoms with Crippen LogP contribution in [0.3, 0.4) is 0 Å². The fraction of sp³-hybridized carbons (Fsp3) is 0.417. The van der Waals surface area contributed by atoms with E-state index in [1.54, 1.807) is 6.92 Å². The summed E-state index contributed by atoms with van der Waals surface area (Å²) in [5.41, 5.74) is -0.0836. The lowest BCUT2D eigenvalue weighted by atomic mass is 10.1. The first-order chi connectivity index (χ1) is 8.86. The third-order valence-electron chi connectivity index (χ3n) is 2.36. The molecule has 7 heteroatoms. The minimum Gasteiger partial charge on any atom is -0.326 e. The Bertz CT molecular complexity index is 545. The van der Waals surface area contributed by atoms with E-state index >= 15 is 0 Å². The highest BCUT2D eigenvalue weighted by atomic mass is 16.2. The summed E-state index contributed by atoms with van der Waals surface area (Å²) >= 11 is 0. The zero-order chi connectivity index (χ0) is 14.6. The van der Waals surface area contributed by atoms with Crippen molar-refractivity contribution in [3.63, 3.8) is 0 Å². The van der Waals surface area contributed by atoms with Crippen LogP contribution < -0.4 is 5.32 Å². The maximum absolute atomic E-state index is 11.9. The number of hydrogen-bond acceptors (Lipinski definition) is 5. The van der Waals surface area contributed by atoms with Gasteiger partial charge in [-0.3, -0.25) is 24.5 Å². The van der Waals surface area contributed by atoms with E-state index in [0.717, 1.165) is 0 Å². The summed E-state index contributed by atoms with van der Waals surface area (Å²) < 4.78 is 1.45. The number of carbonyl (C=O) groups excluding carboxylic acids is 4. The number of aromatic nitrogens is 2. The van der Waals surface area contributed by atoms with Gasteiger partial charge in [-0.15, -0.1) is 0 Å². The van der Waals surface area contributed by atoms with Crippen molar-refractivity contribution in [2.75, 3.05) is 0 Å². The normalized spacial score (nSPS) is 10.1. The van der Waals surface area contributed by atoms with Crippen LogP contribution in [0.1, 0.15) is 48.2 Å². The number of aryl methyl sites for hydroxylation is 1. The Balaban J connectivity index is 3.16. The van der Waals surface area contributed by atoms with E-state index < -0.39 is 17.6 Å². The molecule has 1 aromatic heterocycles. The highest BCUT2D eigenvalue weighted by Crippen LogP contribution is 2.11. The molecule has 102 valence electrons. The second-order valence-corrected chi connectivity index (χ2v) is 4.04. The fourth-order valence-electron chi connectivity index (χ4n) is 1.59. The molecule has 19 heavy (non-hydrogen) atoms. The second kappa shape index (κ2) is 6.03. The molecule has 1 aromatic rings. The SMILES string of the molecule is CCn1cnc(C(=O)CC(C)=O)c1C(=O)NC(C)=O. The number of nitrogens with one attached hydrogen (secondary N) is 1. The van der Waals surface area contributed by atoms with Crippen LogP contribution in [0.2, 0.25) is 0 Å². The maximum Gasteiger partial charge on any atom is 0.276 e. The van der Waals surface area contributed by atoms with Crippen molar-refractivity contribution in [1.29, 1.82) is 0 Å². The van der Waals surface area contributed by atoms with Crippen molar-refractivity contribution in [1.82, 2.24) is 14.9 Å². The van der Waals surface area contributed by atoms with Crippen LogP contribution in [0.25, 0.3) is 0 Å². The smallest absolute Gasteiger partial charge is 0.276 e. The van der Waals surface area contributed by atoms with Gasteiger partial charge in [-0.25, -0.2) is 4.98 Å². The molecule has 0 bridgehead atoms. The van der Waals surface area contributed by atoms with E-state index in [1.165, 1.54) is 24.7 Å². The highest BCUT2D eigenvalue weighted by molar-refractivity contribution is 6.13. The predicted molar refractivity (Wildman–Crippen MR) is 65.7 cm³/mol. The van der Waals surface area contributed by atoms with E-state index in [4.69, 9.17) is 0 Å².